The molecular formula is C17H21N. The molecule has 0 saturated heterocycles. The van der Waals surface area contributed by atoms with E-state index in [1.165, 1.54) is 49.8 Å². The molecule has 2 N–H and O–H groups in total. The highest BCUT2D eigenvalue weighted by atomic mass is 14.6. The molecule has 1 fully saturated rings. The van der Waals surface area contributed by atoms with E-state index in [1.54, 1.807) is 16.7 Å². The Morgan fingerprint density at radius 2 is 1.89 bits per heavy atom. The molecule has 1 nitrogen and oxygen atoms in total. The van der Waals surface area contributed by atoms with Crippen molar-refractivity contribution in [1.29, 1.82) is 0 Å². The van der Waals surface area contributed by atoms with Crippen LogP contribution in [0.3, 0.4) is 0 Å². The van der Waals surface area contributed by atoms with Crippen molar-refractivity contribution in [3.05, 3.63) is 46.2 Å². The van der Waals surface area contributed by atoms with Crippen LogP contribution >= 0.6 is 0 Å². The highest BCUT2D eigenvalue weighted by molar-refractivity contribution is 5.68. The number of allylic oxidation sites excluding steroid dienone is 8. The van der Waals surface area contributed by atoms with Gasteiger partial charge in [-0.3, -0.25) is 0 Å². The van der Waals surface area contributed by atoms with Crippen LogP contribution < -0.4 is 5.73 Å². The summed E-state index contributed by atoms with van der Waals surface area (Å²) in [7, 11) is 0. The highest BCUT2D eigenvalue weighted by Gasteiger charge is 2.48. The van der Waals surface area contributed by atoms with Gasteiger partial charge >= 0.3 is 0 Å². The van der Waals surface area contributed by atoms with E-state index in [0.29, 0.717) is 5.41 Å². The Labute approximate surface area is 109 Å². The van der Waals surface area contributed by atoms with Crippen LogP contribution in [0.1, 0.15) is 51.4 Å². The molecule has 0 heterocycles. The molecule has 0 bridgehead atoms. The first-order valence-electron chi connectivity index (χ1n) is 7.43. The first-order chi connectivity index (χ1) is 8.83. The Hall–Kier alpha value is -1.24. The Bertz CT molecular complexity index is 522. The maximum absolute atomic E-state index is 6.36. The molecule has 18 heavy (non-hydrogen) atoms. The van der Waals surface area contributed by atoms with Gasteiger partial charge in [-0.05, 0) is 55.2 Å². The lowest BCUT2D eigenvalue weighted by atomic mass is 9.73. The first-order valence-corrected chi connectivity index (χ1v) is 7.43. The molecule has 0 amide bonds. The van der Waals surface area contributed by atoms with Gasteiger partial charge in [0.1, 0.15) is 0 Å². The van der Waals surface area contributed by atoms with Gasteiger partial charge in [0, 0.05) is 16.7 Å². The second kappa shape index (κ2) is 3.63. The first kappa shape index (κ1) is 10.7. The standard InChI is InChI=1S/C17H21N/c18-15-9-5-8-14-16(15)12-6-1-2-7-13(12)17(14)10-3-4-11-17/h2,7-8H,1,3-6,9-11,18H2. The topological polar surface area (TPSA) is 26.0 Å². The van der Waals surface area contributed by atoms with Crippen LogP contribution in [0.4, 0.5) is 0 Å². The predicted molar refractivity (Wildman–Crippen MR) is 74.8 cm³/mol. The molecule has 0 atom stereocenters. The van der Waals surface area contributed by atoms with Crippen molar-refractivity contribution >= 4 is 0 Å². The molecule has 0 radical (unpaired) electrons. The minimum Gasteiger partial charge on any atom is -0.402 e. The van der Waals surface area contributed by atoms with Gasteiger partial charge < -0.3 is 5.73 Å². The summed E-state index contributed by atoms with van der Waals surface area (Å²) in [6.07, 6.45) is 17.4. The second-order valence-corrected chi connectivity index (χ2v) is 6.18. The van der Waals surface area contributed by atoms with Crippen LogP contribution in [-0.4, -0.2) is 0 Å². The average molecular weight is 239 g/mol. The van der Waals surface area contributed by atoms with Gasteiger partial charge in [-0.1, -0.05) is 31.1 Å². The fraction of sp³-hybridized carbons (Fsp3) is 0.529. The van der Waals surface area contributed by atoms with E-state index in [2.05, 4.69) is 18.2 Å². The van der Waals surface area contributed by atoms with Crippen molar-refractivity contribution in [3.63, 3.8) is 0 Å². The van der Waals surface area contributed by atoms with Crippen LogP contribution in [0, 0.1) is 5.41 Å². The summed E-state index contributed by atoms with van der Waals surface area (Å²) in [5.41, 5.74) is 14.2. The third-order valence-electron chi connectivity index (χ3n) is 5.31. The summed E-state index contributed by atoms with van der Waals surface area (Å²) < 4.78 is 0. The van der Waals surface area contributed by atoms with Crippen molar-refractivity contribution in [1.82, 2.24) is 0 Å². The SMILES string of the molecule is NC1=C2C(=CCC1)C1(CCCC1)C1=C2CCC=C1. The number of nitrogens with two attached hydrogens (primary N) is 1. The van der Waals surface area contributed by atoms with Crippen LogP contribution in [0.5, 0.6) is 0 Å². The van der Waals surface area contributed by atoms with Crippen molar-refractivity contribution in [2.24, 2.45) is 11.1 Å². The molecule has 0 aliphatic heterocycles. The summed E-state index contributed by atoms with van der Waals surface area (Å²) in [6.45, 7) is 0. The zero-order chi connectivity index (χ0) is 12.2. The lowest BCUT2D eigenvalue weighted by Crippen LogP contribution is -2.20. The lowest BCUT2D eigenvalue weighted by Gasteiger charge is -2.30. The molecule has 1 saturated carbocycles. The number of fused-ring (bicyclic) bond motifs is 4. The highest BCUT2D eigenvalue weighted by Crippen LogP contribution is 2.62. The molecule has 4 aliphatic rings. The molecule has 0 aromatic carbocycles. The maximum atomic E-state index is 6.36. The van der Waals surface area contributed by atoms with E-state index in [4.69, 9.17) is 5.73 Å². The minimum absolute atomic E-state index is 0.368. The third-order valence-corrected chi connectivity index (χ3v) is 5.31. The van der Waals surface area contributed by atoms with Crippen LogP contribution in [0.25, 0.3) is 0 Å². The Morgan fingerprint density at radius 3 is 2.72 bits per heavy atom. The maximum Gasteiger partial charge on any atom is 0.0209 e. The minimum atomic E-state index is 0.368. The normalized spacial score (nSPS) is 28.8. The molecule has 4 rings (SSSR count). The zero-order valence-electron chi connectivity index (χ0n) is 11.0. The molecule has 4 aliphatic carbocycles. The summed E-state index contributed by atoms with van der Waals surface area (Å²) in [6, 6.07) is 0. The van der Waals surface area contributed by atoms with Gasteiger partial charge in [-0.2, -0.15) is 0 Å². The smallest absolute Gasteiger partial charge is 0.0209 e. The van der Waals surface area contributed by atoms with Gasteiger partial charge in [0.25, 0.3) is 0 Å². The largest absolute Gasteiger partial charge is 0.402 e. The quantitative estimate of drug-likeness (QED) is 0.675. The van der Waals surface area contributed by atoms with Crippen molar-refractivity contribution in [2.75, 3.05) is 0 Å². The van der Waals surface area contributed by atoms with E-state index in [9.17, 15) is 0 Å². The molecule has 1 heteroatoms. The van der Waals surface area contributed by atoms with E-state index in [1.807, 2.05) is 0 Å². The summed E-state index contributed by atoms with van der Waals surface area (Å²) >= 11 is 0. The summed E-state index contributed by atoms with van der Waals surface area (Å²) in [4.78, 5) is 0. The Balaban J connectivity index is 1.97. The van der Waals surface area contributed by atoms with Crippen LogP contribution in [0.15, 0.2) is 46.2 Å². The van der Waals surface area contributed by atoms with Gasteiger partial charge in [-0.25, -0.2) is 0 Å². The number of hydrogen-bond acceptors (Lipinski definition) is 1. The van der Waals surface area contributed by atoms with E-state index in [-0.39, 0.29) is 0 Å². The molecule has 0 unspecified atom stereocenters. The predicted octanol–water partition coefficient (Wildman–Crippen LogP) is 4.14. The van der Waals surface area contributed by atoms with Crippen LogP contribution in [0.2, 0.25) is 0 Å². The van der Waals surface area contributed by atoms with Crippen molar-refractivity contribution in [3.8, 4) is 0 Å². The Morgan fingerprint density at radius 1 is 1.06 bits per heavy atom. The van der Waals surface area contributed by atoms with Gasteiger partial charge in [0.05, 0.1) is 0 Å². The van der Waals surface area contributed by atoms with E-state index < -0.39 is 0 Å². The second-order valence-electron chi connectivity index (χ2n) is 6.18. The molecule has 0 aromatic heterocycles. The van der Waals surface area contributed by atoms with Gasteiger partial charge in [-0.15, -0.1) is 0 Å². The molecule has 1 spiro atoms. The lowest BCUT2D eigenvalue weighted by molar-refractivity contribution is 0.471. The monoisotopic (exact) mass is 239 g/mol. The van der Waals surface area contributed by atoms with E-state index >= 15 is 0 Å². The van der Waals surface area contributed by atoms with E-state index in [0.717, 1.165) is 12.8 Å². The Kier molecular flexibility index (Phi) is 2.15. The van der Waals surface area contributed by atoms with Crippen molar-refractivity contribution < 1.29 is 0 Å². The fourth-order valence-corrected chi connectivity index (χ4v) is 4.60. The van der Waals surface area contributed by atoms with Crippen molar-refractivity contribution in [2.45, 2.75) is 51.4 Å². The fourth-order valence-electron chi connectivity index (χ4n) is 4.60. The molecule has 0 aromatic rings. The zero-order valence-corrected chi connectivity index (χ0v) is 11.0. The van der Waals surface area contributed by atoms with Gasteiger partial charge in [0.2, 0.25) is 0 Å². The molecular weight excluding hydrogens is 218 g/mol. The number of rotatable bonds is 0. The number of hydrogen-bond donors (Lipinski definition) is 1. The van der Waals surface area contributed by atoms with Gasteiger partial charge in [0.15, 0.2) is 0 Å². The van der Waals surface area contributed by atoms with Crippen LogP contribution in [-0.2, 0) is 0 Å². The summed E-state index contributed by atoms with van der Waals surface area (Å²) in [5, 5.41) is 0. The summed E-state index contributed by atoms with van der Waals surface area (Å²) in [5.74, 6) is 0. The average Bonchev–Trinajstić information content (AvgIpc) is 2.98. The molecule has 94 valence electrons. The third kappa shape index (κ3) is 1.18.